The van der Waals surface area contributed by atoms with Crippen LogP contribution in [0.4, 0.5) is 17.1 Å². The van der Waals surface area contributed by atoms with E-state index in [-0.39, 0.29) is 11.8 Å². The normalized spacial score (nSPS) is 13.6. The molecule has 196 valence electrons. The molecule has 1 aliphatic heterocycles. The third-order valence-electron chi connectivity index (χ3n) is 6.16. The lowest BCUT2D eigenvalue weighted by atomic mass is 9.99. The van der Waals surface area contributed by atoms with Gasteiger partial charge in [0.05, 0.1) is 35.3 Å². The van der Waals surface area contributed by atoms with E-state index in [4.69, 9.17) is 4.74 Å². The van der Waals surface area contributed by atoms with Crippen LogP contribution in [0.5, 0.6) is 0 Å². The fourth-order valence-electron chi connectivity index (χ4n) is 4.25. The Kier molecular flexibility index (Phi) is 8.29. The average Bonchev–Trinajstić information content (AvgIpc) is 3.22. The summed E-state index contributed by atoms with van der Waals surface area (Å²) in [6.45, 7) is 2.83. The lowest BCUT2D eigenvalue weighted by molar-refractivity contribution is -0.116. The number of nitrogens with zero attached hydrogens (tertiary/aromatic N) is 2. The first-order valence-electron chi connectivity index (χ1n) is 12.0. The summed E-state index contributed by atoms with van der Waals surface area (Å²) < 4.78 is 5.56. The Labute approximate surface area is 230 Å². The highest BCUT2D eigenvalue weighted by Gasteiger charge is 2.29. The Morgan fingerprint density at radius 1 is 0.974 bits per heavy atom. The molecular formula is C29H29BrN4O4. The molecule has 0 fully saturated rings. The van der Waals surface area contributed by atoms with Gasteiger partial charge in [-0.1, -0.05) is 36.4 Å². The van der Waals surface area contributed by atoms with Gasteiger partial charge in [0.25, 0.3) is 5.91 Å². The topological polar surface area (TPSA) is 91.0 Å². The van der Waals surface area contributed by atoms with Gasteiger partial charge in [0.1, 0.15) is 0 Å². The number of carbonyl (C=O) groups is 3. The number of amides is 2. The number of esters is 1. The smallest absolute Gasteiger partial charge is 0.337 e. The van der Waals surface area contributed by atoms with Crippen LogP contribution in [0, 0.1) is 0 Å². The standard InChI is InChI=1S/C29H29BrN4O4/c1-18(35)34(15-14-33(2)3)25-13-11-21(17-23(25)30)31-27(19-8-6-5-7-9-19)26-22-12-10-20(29(37)38-4)16-24(22)32-28(26)36/h5-13,16-17,31H,14-15H2,1-4H3,(H,32,36)/b27-26-. The Hall–Kier alpha value is -3.95. The molecule has 38 heavy (non-hydrogen) atoms. The van der Waals surface area contributed by atoms with Crippen molar-refractivity contribution in [1.29, 1.82) is 0 Å². The largest absolute Gasteiger partial charge is 0.465 e. The molecule has 3 aromatic rings. The molecule has 0 unspecified atom stereocenters. The number of rotatable bonds is 8. The van der Waals surface area contributed by atoms with Gasteiger partial charge in [0.15, 0.2) is 0 Å². The second-order valence-electron chi connectivity index (χ2n) is 9.09. The predicted molar refractivity (Wildman–Crippen MR) is 154 cm³/mol. The summed E-state index contributed by atoms with van der Waals surface area (Å²) in [4.78, 5) is 41.3. The molecule has 0 radical (unpaired) electrons. The number of halogens is 1. The van der Waals surface area contributed by atoms with Gasteiger partial charge in [-0.3, -0.25) is 9.59 Å². The zero-order valence-electron chi connectivity index (χ0n) is 21.7. The molecule has 8 nitrogen and oxygen atoms in total. The maximum Gasteiger partial charge on any atom is 0.337 e. The fourth-order valence-corrected chi connectivity index (χ4v) is 4.84. The Morgan fingerprint density at radius 3 is 2.34 bits per heavy atom. The minimum absolute atomic E-state index is 0.0501. The quantitative estimate of drug-likeness (QED) is 0.287. The number of fused-ring (bicyclic) bond motifs is 1. The third kappa shape index (κ3) is 5.79. The minimum atomic E-state index is -0.476. The fraction of sp³-hybridized carbons (Fsp3) is 0.207. The van der Waals surface area contributed by atoms with Crippen molar-refractivity contribution in [3.05, 3.63) is 87.9 Å². The monoisotopic (exact) mass is 576 g/mol. The van der Waals surface area contributed by atoms with Gasteiger partial charge in [0, 0.05) is 35.7 Å². The highest BCUT2D eigenvalue weighted by molar-refractivity contribution is 9.10. The Morgan fingerprint density at radius 2 is 1.71 bits per heavy atom. The lowest BCUT2D eigenvalue weighted by Crippen LogP contribution is -2.35. The molecule has 0 aliphatic carbocycles. The summed E-state index contributed by atoms with van der Waals surface area (Å²) in [5.74, 6) is -0.808. The van der Waals surface area contributed by atoms with Crippen molar-refractivity contribution in [2.24, 2.45) is 0 Å². The van der Waals surface area contributed by atoms with Crippen LogP contribution < -0.4 is 15.5 Å². The maximum atomic E-state index is 13.2. The van der Waals surface area contributed by atoms with Crippen molar-refractivity contribution in [2.75, 3.05) is 49.8 Å². The van der Waals surface area contributed by atoms with Crippen molar-refractivity contribution >= 4 is 62.0 Å². The van der Waals surface area contributed by atoms with E-state index in [1.165, 1.54) is 7.11 Å². The Balaban J connectivity index is 1.76. The molecule has 0 saturated heterocycles. The number of hydrogen-bond acceptors (Lipinski definition) is 6. The third-order valence-corrected chi connectivity index (χ3v) is 6.79. The number of likely N-dealkylation sites (N-methyl/N-ethyl adjacent to an activating group) is 1. The van der Waals surface area contributed by atoms with Crippen LogP contribution in [0.25, 0.3) is 11.3 Å². The van der Waals surface area contributed by atoms with Gasteiger partial charge in [-0.05, 0) is 65.9 Å². The number of benzene rings is 3. The van der Waals surface area contributed by atoms with E-state index < -0.39 is 5.97 Å². The van der Waals surface area contributed by atoms with Gasteiger partial charge in [-0.2, -0.15) is 0 Å². The molecule has 9 heteroatoms. The first-order chi connectivity index (χ1) is 18.2. The number of carbonyl (C=O) groups excluding carboxylic acids is 3. The zero-order valence-corrected chi connectivity index (χ0v) is 23.3. The van der Waals surface area contributed by atoms with Crippen molar-refractivity contribution in [1.82, 2.24) is 4.90 Å². The summed E-state index contributed by atoms with van der Waals surface area (Å²) in [5.41, 5.74) is 4.95. The van der Waals surface area contributed by atoms with Crippen LogP contribution in [0.2, 0.25) is 0 Å². The first kappa shape index (κ1) is 27.1. The van der Waals surface area contributed by atoms with E-state index in [0.717, 1.165) is 28.0 Å². The number of anilines is 3. The van der Waals surface area contributed by atoms with E-state index in [1.807, 2.05) is 67.5 Å². The van der Waals surface area contributed by atoms with E-state index in [2.05, 4.69) is 26.6 Å². The van der Waals surface area contributed by atoms with Crippen LogP contribution in [0.3, 0.4) is 0 Å². The van der Waals surface area contributed by atoms with Crippen molar-refractivity contribution in [2.45, 2.75) is 6.92 Å². The lowest BCUT2D eigenvalue weighted by Gasteiger charge is -2.25. The van der Waals surface area contributed by atoms with Crippen molar-refractivity contribution in [3.8, 4) is 0 Å². The molecule has 2 N–H and O–H groups in total. The second-order valence-corrected chi connectivity index (χ2v) is 9.94. The molecular weight excluding hydrogens is 548 g/mol. The minimum Gasteiger partial charge on any atom is -0.465 e. The number of methoxy groups -OCH3 is 1. The average molecular weight is 577 g/mol. The molecule has 1 heterocycles. The summed E-state index contributed by atoms with van der Waals surface area (Å²) in [5, 5.41) is 6.30. The van der Waals surface area contributed by atoms with Crippen LogP contribution in [-0.2, 0) is 14.3 Å². The second kappa shape index (κ2) is 11.6. The SMILES string of the molecule is COC(=O)c1ccc2c(c1)NC(=O)/C2=C(\Nc1ccc(N(CCN(C)C)C(C)=O)c(Br)c1)c1ccccc1. The molecule has 3 aromatic carbocycles. The molecule has 0 atom stereocenters. The molecule has 0 aromatic heterocycles. The molecule has 0 saturated carbocycles. The van der Waals surface area contributed by atoms with Crippen molar-refractivity contribution in [3.63, 3.8) is 0 Å². The molecule has 4 rings (SSSR count). The number of ether oxygens (including phenoxy) is 1. The molecule has 0 bridgehead atoms. The summed E-state index contributed by atoms with van der Waals surface area (Å²) in [6.07, 6.45) is 0. The molecule has 1 aliphatic rings. The predicted octanol–water partition coefficient (Wildman–Crippen LogP) is 5.08. The van der Waals surface area contributed by atoms with Gasteiger partial charge in [0.2, 0.25) is 5.91 Å². The van der Waals surface area contributed by atoms with E-state index in [1.54, 1.807) is 30.0 Å². The Bertz CT molecular complexity index is 1420. The molecule has 2 amide bonds. The van der Waals surface area contributed by atoms with Crippen LogP contribution >= 0.6 is 15.9 Å². The van der Waals surface area contributed by atoms with E-state index >= 15 is 0 Å². The summed E-state index contributed by atoms with van der Waals surface area (Å²) in [6, 6.07) is 20.2. The first-order valence-corrected chi connectivity index (χ1v) is 12.8. The number of hydrogen-bond donors (Lipinski definition) is 2. The van der Waals surface area contributed by atoms with Crippen molar-refractivity contribution < 1.29 is 19.1 Å². The maximum absolute atomic E-state index is 13.2. The van der Waals surface area contributed by atoms with Gasteiger partial charge in [-0.25, -0.2) is 4.79 Å². The highest BCUT2D eigenvalue weighted by atomic mass is 79.9. The van der Waals surface area contributed by atoms with E-state index in [9.17, 15) is 14.4 Å². The van der Waals surface area contributed by atoms with Gasteiger partial charge >= 0.3 is 5.97 Å². The summed E-state index contributed by atoms with van der Waals surface area (Å²) in [7, 11) is 5.25. The van der Waals surface area contributed by atoms with Gasteiger partial charge < -0.3 is 25.2 Å². The van der Waals surface area contributed by atoms with Crippen LogP contribution in [0.15, 0.2) is 71.2 Å². The highest BCUT2D eigenvalue weighted by Crippen LogP contribution is 2.39. The molecule has 0 spiro atoms. The zero-order chi connectivity index (χ0) is 27.4. The summed E-state index contributed by atoms with van der Waals surface area (Å²) >= 11 is 3.63. The number of nitrogens with one attached hydrogen (secondary N) is 2. The van der Waals surface area contributed by atoms with Crippen LogP contribution in [-0.4, -0.2) is 57.0 Å². The van der Waals surface area contributed by atoms with Gasteiger partial charge in [-0.15, -0.1) is 0 Å². The van der Waals surface area contributed by atoms with Crippen LogP contribution in [0.1, 0.15) is 28.4 Å². The van der Waals surface area contributed by atoms with E-state index in [0.29, 0.717) is 34.6 Å².